The molecule has 0 aromatic rings. The van der Waals surface area contributed by atoms with Crippen molar-refractivity contribution in [2.45, 2.75) is 126 Å². The molecule has 3 saturated carbocycles. The molecule has 4 nitrogen and oxygen atoms in total. The van der Waals surface area contributed by atoms with Crippen molar-refractivity contribution in [2.24, 2.45) is 11.8 Å². The first-order chi connectivity index (χ1) is 16.4. The van der Waals surface area contributed by atoms with Gasteiger partial charge in [-0.15, -0.1) is 0 Å². The lowest BCUT2D eigenvalue weighted by Gasteiger charge is -2.41. The van der Waals surface area contributed by atoms with Crippen LogP contribution in [-0.2, 0) is 0 Å². The highest BCUT2D eigenvalue weighted by molar-refractivity contribution is 5.17. The minimum atomic E-state index is 0.454. The van der Waals surface area contributed by atoms with Gasteiger partial charge >= 0.3 is 0 Å². The van der Waals surface area contributed by atoms with E-state index in [4.69, 9.17) is 0 Å². The third-order valence-corrected chi connectivity index (χ3v) is 12.9. The molecule has 4 heterocycles. The molecule has 0 aromatic heterocycles. The maximum atomic E-state index is 3.05. The third-order valence-electron chi connectivity index (χ3n) is 12.9. The van der Waals surface area contributed by atoms with Crippen molar-refractivity contribution in [3.8, 4) is 0 Å². The maximum absolute atomic E-state index is 3.05. The van der Waals surface area contributed by atoms with Crippen LogP contribution in [0.15, 0.2) is 0 Å². The van der Waals surface area contributed by atoms with Crippen molar-refractivity contribution in [3.05, 3.63) is 0 Å². The summed E-state index contributed by atoms with van der Waals surface area (Å²) in [6.07, 6.45) is 20.5. The Morgan fingerprint density at radius 2 is 0.941 bits per heavy atom. The summed E-state index contributed by atoms with van der Waals surface area (Å²) in [4.78, 5) is 11.8. The van der Waals surface area contributed by atoms with E-state index in [1.165, 1.54) is 142 Å². The fraction of sp³-hybridized carbons (Fsp3) is 1.00. The Morgan fingerprint density at radius 1 is 0.471 bits per heavy atom. The molecule has 0 N–H and O–H groups in total. The predicted molar refractivity (Wildman–Crippen MR) is 140 cm³/mol. The number of rotatable bonds is 5. The normalized spacial score (nSPS) is 51.0. The van der Waals surface area contributed by atoms with Crippen molar-refractivity contribution in [1.82, 2.24) is 19.6 Å². The zero-order valence-corrected chi connectivity index (χ0v) is 22.5. The smallest absolute Gasteiger partial charge is 0.0228 e. The fourth-order valence-electron chi connectivity index (χ4n) is 10.8. The monoisotopic (exact) mass is 468 g/mol. The van der Waals surface area contributed by atoms with Crippen LogP contribution in [0.5, 0.6) is 0 Å². The Balaban J connectivity index is 0.968. The summed E-state index contributed by atoms with van der Waals surface area (Å²) >= 11 is 0. The number of hydrogen-bond donors (Lipinski definition) is 0. The van der Waals surface area contributed by atoms with Gasteiger partial charge in [0, 0.05) is 35.2 Å². The standard InChI is InChI=1S/C30H52N4/c1-27(31-15-3-4-16-31)9-10-28(2,23-27)33-19-7-25(21-33)26-8-20-34(22-26)30-13-11-29(24-30,12-14-30)32-17-5-6-18-32/h25-26H,3-24H2,1-2H3. The molecule has 4 aliphatic heterocycles. The first-order valence-electron chi connectivity index (χ1n) is 15.4. The van der Waals surface area contributed by atoms with Gasteiger partial charge in [-0.2, -0.15) is 0 Å². The molecule has 0 spiro atoms. The van der Waals surface area contributed by atoms with Gasteiger partial charge in [0.2, 0.25) is 0 Å². The van der Waals surface area contributed by atoms with Crippen LogP contribution in [0.2, 0.25) is 0 Å². The molecule has 34 heavy (non-hydrogen) atoms. The van der Waals surface area contributed by atoms with Gasteiger partial charge in [0.25, 0.3) is 0 Å². The van der Waals surface area contributed by atoms with E-state index < -0.39 is 0 Å². The Morgan fingerprint density at radius 3 is 1.56 bits per heavy atom. The molecule has 4 unspecified atom stereocenters. The van der Waals surface area contributed by atoms with E-state index in [9.17, 15) is 0 Å². The molecular weight excluding hydrogens is 416 g/mol. The van der Waals surface area contributed by atoms with Crippen molar-refractivity contribution in [3.63, 3.8) is 0 Å². The zero-order chi connectivity index (χ0) is 23.0. The van der Waals surface area contributed by atoms with E-state index in [0.29, 0.717) is 22.2 Å². The summed E-state index contributed by atoms with van der Waals surface area (Å²) < 4.78 is 0. The molecule has 192 valence electrons. The lowest BCUT2D eigenvalue weighted by Crippen LogP contribution is -2.49. The van der Waals surface area contributed by atoms with Gasteiger partial charge in [-0.25, -0.2) is 0 Å². The molecule has 0 aromatic carbocycles. The first-order valence-corrected chi connectivity index (χ1v) is 15.4. The van der Waals surface area contributed by atoms with E-state index in [1.54, 1.807) is 0 Å². The van der Waals surface area contributed by atoms with Gasteiger partial charge in [0.05, 0.1) is 0 Å². The van der Waals surface area contributed by atoms with Crippen LogP contribution in [0.3, 0.4) is 0 Å². The Labute approximate surface area is 209 Å². The molecule has 4 heteroatoms. The van der Waals surface area contributed by atoms with Crippen LogP contribution >= 0.6 is 0 Å². The lowest BCUT2D eigenvalue weighted by atomic mass is 9.88. The zero-order valence-electron chi connectivity index (χ0n) is 22.5. The summed E-state index contributed by atoms with van der Waals surface area (Å²) in [5, 5.41) is 0. The quantitative estimate of drug-likeness (QED) is 0.564. The number of nitrogens with zero attached hydrogens (tertiary/aromatic N) is 4. The van der Waals surface area contributed by atoms with E-state index in [1.807, 2.05) is 0 Å². The van der Waals surface area contributed by atoms with E-state index >= 15 is 0 Å². The second-order valence-electron chi connectivity index (χ2n) is 14.7. The number of likely N-dealkylation sites (tertiary alicyclic amines) is 4. The highest BCUT2D eigenvalue weighted by atomic mass is 15.3. The fourth-order valence-corrected chi connectivity index (χ4v) is 10.8. The van der Waals surface area contributed by atoms with Gasteiger partial charge in [-0.3, -0.25) is 19.6 Å². The van der Waals surface area contributed by atoms with E-state index in [-0.39, 0.29) is 0 Å². The van der Waals surface area contributed by atoms with Gasteiger partial charge < -0.3 is 0 Å². The van der Waals surface area contributed by atoms with Crippen molar-refractivity contribution in [2.75, 3.05) is 52.4 Å². The second-order valence-corrected chi connectivity index (χ2v) is 14.7. The predicted octanol–water partition coefficient (Wildman–Crippen LogP) is 4.98. The SMILES string of the molecule is CC1(N2CCCC2)CCC(C)(N2CCC(C3CCN(C45CCC(N6CCCC6)(CC4)C5)C3)C2)C1. The van der Waals surface area contributed by atoms with Crippen molar-refractivity contribution in [1.29, 1.82) is 0 Å². The van der Waals surface area contributed by atoms with Crippen LogP contribution in [0.1, 0.15) is 104 Å². The topological polar surface area (TPSA) is 13.0 Å². The Kier molecular flexibility index (Phi) is 5.52. The van der Waals surface area contributed by atoms with Gasteiger partial charge in [-0.1, -0.05) is 0 Å². The second kappa shape index (κ2) is 8.17. The van der Waals surface area contributed by atoms with Crippen molar-refractivity contribution < 1.29 is 0 Å². The maximum Gasteiger partial charge on any atom is 0.0228 e. The summed E-state index contributed by atoms with van der Waals surface area (Å²) in [6, 6.07) is 0. The Hall–Kier alpha value is -0.160. The summed E-state index contributed by atoms with van der Waals surface area (Å²) in [6.45, 7) is 16.3. The average Bonchev–Trinajstić information content (AvgIpc) is 3.68. The summed E-state index contributed by atoms with van der Waals surface area (Å²) in [5.41, 5.74) is 2.12. The molecule has 4 atom stereocenters. The highest BCUT2D eigenvalue weighted by Crippen LogP contribution is 2.58. The van der Waals surface area contributed by atoms with Crippen LogP contribution in [0.4, 0.5) is 0 Å². The molecule has 2 bridgehead atoms. The molecule has 7 fully saturated rings. The molecule has 3 aliphatic carbocycles. The van der Waals surface area contributed by atoms with E-state index in [0.717, 1.165) is 11.8 Å². The minimum Gasteiger partial charge on any atom is -0.298 e. The minimum absolute atomic E-state index is 0.454. The molecule has 4 saturated heterocycles. The molecule has 0 amide bonds. The number of hydrogen-bond acceptors (Lipinski definition) is 4. The summed E-state index contributed by atoms with van der Waals surface area (Å²) in [7, 11) is 0. The summed E-state index contributed by atoms with van der Waals surface area (Å²) in [5.74, 6) is 1.93. The number of fused-ring (bicyclic) bond motifs is 2. The highest BCUT2D eigenvalue weighted by Gasteiger charge is 2.60. The van der Waals surface area contributed by atoms with Crippen LogP contribution in [-0.4, -0.2) is 94.1 Å². The lowest BCUT2D eigenvalue weighted by molar-refractivity contribution is 0.0849. The Bertz CT molecular complexity index is 762. The molecule has 0 radical (unpaired) electrons. The molecular formula is C30H52N4. The van der Waals surface area contributed by atoms with Crippen molar-refractivity contribution >= 4 is 0 Å². The van der Waals surface area contributed by atoms with Crippen LogP contribution in [0, 0.1) is 11.8 Å². The van der Waals surface area contributed by atoms with Crippen LogP contribution < -0.4 is 0 Å². The third kappa shape index (κ3) is 3.51. The largest absolute Gasteiger partial charge is 0.298 e. The van der Waals surface area contributed by atoms with Gasteiger partial charge in [0.15, 0.2) is 0 Å². The molecule has 7 aliphatic rings. The van der Waals surface area contributed by atoms with E-state index in [2.05, 4.69) is 33.4 Å². The first kappa shape index (κ1) is 23.0. The molecule has 7 rings (SSSR count). The van der Waals surface area contributed by atoms with Crippen LogP contribution in [0.25, 0.3) is 0 Å². The average molecular weight is 469 g/mol. The van der Waals surface area contributed by atoms with Gasteiger partial charge in [-0.05, 0) is 155 Å². The van der Waals surface area contributed by atoms with Gasteiger partial charge in [0.1, 0.15) is 0 Å².